The molecule has 1 fully saturated rings. The van der Waals surface area contributed by atoms with E-state index in [0.717, 1.165) is 6.42 Å². The Morgan fingerprint density at radius 3 is 2.63 bits per heavy atom. The van der Waals surface area contributed by atoms with Crippen LogP contribution in [0, 0.1) is 5.92 Å². The van der Waals surface area contributed by atoms with Gasteiger partial charge in [0.1, 0.15) is 11.3 Å². The summed E-state index contributed by atoms with van der Waals surface area (Å²) >= 11 is 0. The Balaban J connectivity index is 1.84. The lowest BCUT2D eigenvalue weighted by atomic mass is 9.93. The first-order valence-corrected chi connectivity index (χ1v) is 9.36. The van der Waals surface area contributed by atoms with Gasteiger partial charge in [0, 0.05) is 13.1 Å². The molecule has 1 aromatic rings. The fourth-order valence-electron chi connectivity index (χ4n) is 3.02. The van der Waals surface area contributed by atoms with Gasteiger partial charge >= 0.3 is 5.97 Å². The van der Waals surface area contributed by atoms with Crippen molar-refractivity contribution in [2.45, 2.75) is 45.1 Å². The van der Waals surface area contributed by atoms with Crippen LogP contribution in [0.2, 0.25) is 0 Å². The van der Waals surface area contributed by atoms with Crippen molar-refractivity contribution in [3.63, 3.8) is 0 Å². The van der Waals surface area contributed by atoms with Crippen LogP contribution in [-0.4, -0.2) is 53.0 Å². The second-order valence-electron chi connectivity index (χ2n) is 7.07. The maximum Gasteiger partial charge on any atom is 0.329 e. The zero-order valence-electron chi connectivity index (χ0n) is 15.9. The van der Waals surface area contributed by atoms with Crippen molar-refractivity contribution in [1.29, 1.82) is 0 Å². The first-order chi connectivity index (χ1) is 12.9. The van der Waals surface area contributed by atoms with Crippen LogP contribution in [0.1, 0.15) is 39.5 Å². The Kier molecular flexibility index (Phi) is 7.21. The fourth-order valence-corrected chi connectivity index (χ4v) is 3.02. The highest BCUT2D eigenvalue weighted by molar-refractivity contribution is 5.88. The van der Waals surface area contributed by atoms with Gasteiger partial charge in [-0.1, -0.05) is 25.1 Å². The summed E-state index contributed by atoms with van der Waals surface area (Å²) in [6.07, 6.45) is 1.90. The standard InChI is InChI=1S/C20H28N2O5/c1-3-20(2,19(25)26)21-18(24)15-8-7-12-22(14-15)17(23)11-13-27-16-9-5-4-6-10-16/h4-6,9-10,15H,3,7-8,11-14H2,1-2H3,(H,21,24)(H,25,26). The number of carbonyl (C=O) groups is 3. The number of amides is 2. The van der Waals surface area contributed by atoms with Gasteiger partial charge in [-0.2, -0.15) is 0 Å². The van der Waals surface area contributed by atoms with Gasteiger partial charge in [0.2, 0.25) is 11.8 Å². The van der Waals surface area contributed by atoms with Gasteiger partial charge in [-0.3, -0.25) is 9.59 Å². The van der Waals surface area contributed by atoms with Crippen LogP contribution in [0.25, 0.3) is 0 Å². The van der Waals surface area contributed by atoms with Gasteiger partial charge < -0.3 is 20.1 Å². The molecule has 0 bridgehead atoms. The summed E-state index contributed by atoms with van der Waals surface area (Å²) in [7, 11) is 0. The van der Waals surface area contributed by atoms with Crippen LogP contribution in [0.5, 0.6) is 5.75 Å². The van der Waals surface area contributed by atoms with Gasteiger partial charge in [-0.15, -0.1) is 0 Å². The summed E-state index contributed by atoms with van der Waals surface area (Å²) in [5.74, 6) is -1.09. The summed E-state index contributed by atoms with van der Waals surface area (Å²) in [4.78, 5) is 38.0. The Labute approximate surface area is 159 Å². The van der Waals surface area contributed by atoms with E-state index < -0.39 is 11.5 Å². The minimum absolute atomic E-state index is 0.0556. The number of benzene rings is 1. The van der Waals surface area contributed by atoms with Crippen LogP contribution >= 0.6 is 0 Å². The first-order valence-electron chi connectivity index (χ1n) is 9.36. The number of hydrogen-bond acceptors (Lipinski definition) is 4. The van der Waals surface area contributed by atoms with Crippen molar-refractivity contribution in [2.75, 3.05) is 19.7 Å². The number of carboxylic acids is 1. The molecule has 1 saturated heterocycles. The van der Waals surface area contributed by atoms with E-state index in [1.165, 1.54) is 6.92 Å². The third kappa shape index (κ3) is 5.70. The summed E-state index contributed by atoms with van der Waals surface area (Å²) < 4.78 is 5.56. The lowest BCUT2D eigenvalue weighted by Crippen LogP contribution is -2.55. The molecule has 7 nitrogen and oxygen atoms in total. The van der Waals surface area contributed by atoms with Crippen LogP contribution in [0.15, 0.2) is 30.3 Å². The van der Waals surface area contributed by atoms with Gasteiger partial charge in [0.25, 0.3) is 0 Å². The number of para-hydroxylation sites is 1. The van der Waals surface area contributed by atoms with Crippen LogP contribution in [0.3, 0.4) is 0 Å². The van der Waals surface area contributed by atoms with Crippen molar-refractivity contribution in [3.8, 4) is 5.75 Å². The van der Waals surface area contributed by atoms with Crippen LogP contribution in [0.4, 0.5) is 0 Å². The molecule has 1 heterocycles. The monoisotopic (exact) mass is 376 g/mol. The number of nitrogens with one attached hydrogen (secondary N) is 1. The number of ether oxygens (including phenoxy) is 1. The minimum atomic E-state index is -1.28. The molecule has 7 heteroatoms. The number of hydrogen-bond donors (Lipinski definition) is 2. The molecule has 1 aliphatic heterocycles. The van der Waals surface area contributed by atoms with E-state index in [9.17, 15) is 19.5 Å². The number of likely N-dealkylation sites (tertiary alicyclic amines) is 1. The van der Waals surface area contributed by atoms with E-state index in [4.69, 9.17) is 4.74 Å². The molecule has 0 saturated carbocycles. The van der Waals surface area contributed by atoms with Gasteiger partial charge in [-0.25, -0.2) is 4.79 Å². The number of aliphatic carboxylic acids is 1. The van der Waals surface area contributed by atoms with Gasteiger partial charge in [-0.05, 0) is 38.3 Å². The van der Waals surface area contributed by atoms with Crippen LogP contribution in [-0.2, 0) is 14.4 Å². The van der Waals surface area contributed by atoms with E-state index in [-0.39, 0.29) is 30.8 Å². The average Bonchev–Trinajstić information content (AvgIpc) is 2.68. The summed E-state index contributed by atoms with van der Waals surface area (Å²) in [6.45, 7) is 4.42. The molecular formula is C20H28N2O5. The van der Waals surface area contributed by atoms with Gasteiger partial charge in [0.15, 0.2) is 0 Å². The van der Waals surface area contributed by atoms with E-state index in [2.05, 4.69) is 5.32 Å². The highest BCUT2D eigenvalue weighted by Crippen LogP contribution is 2.20. The molecule has 0 spiro atoms. The summed E-state index contributed by atoms with van der Waals surface area (Å²) in [5.41, 5.74) is -1.28. The summed E-state index contributed by atoms with van der Waals surface area (Å²) in [6, 6.07) is 9.29. The normalized spacial score (nSPS) is 19.0. The molecule has 2 amide bonds. The number of nitrogens with zero attached hydrogens (tertiary/aromatic N) is 1. The Morgan fingerprint density at radius 2 is 2.00 bits per heavy atom. The maximum absolute atomic E-state index is 12.5. The fraction of sp³-hybridized carbons (Fsp3) is 0.550. The third-order valence-electron chi connectivity index (χ3n) is 5.05. The Bertz CT molecular complexity index is 664. The largest absolute Gasteiger partial charge is 0.493 e. The molecule has 2 rings (SSSR count). The highest BCUT2D eigenvalue weighted by Gasteiger charge is 2.36. The summed E-state index contributed by atoms with van der Waals surface area (Å²) in [5, 5.41) is 12.0. The lowest BCUT2D eigenvalue weighted by Gasteiger charge is -2.34. The quantitative estimate of drug-likeness (QED) is 0.724. The van der Waals surface area contributed by atoms with Crippen molar-refractivity contribution in [3.05, 3.63) is 30.3 Å². The zero-order chi connectivity index (χ0) is 19.9. The topological polar surface area (TPSA) is 95.9 Å². The van der Waals surface area contributed by atoms with E-state index in [1.807, 2.05) is 30.3 Å². The smallest absolute Gasteiger partial charge is 0.329 e. The molecule has 0 aromatic heterocycles. The third-order valence-corrected chi connectivity index (χ3v) is 5.05. The predicted octanol–water partition coefficient (Wildman–Crippen LogP) is 2.06. The molecular weight excluding hydrogens is 348 g/mol. The SMILES string of the molecule is CCC(C)(NC(=O)C1CCCN(C(=O)CCOc2ccccc2)C1)C(=O)O. The molecule has 148 valence electrons. The van der Waals surface area contributed by atoms with Crippen molar-refractivity contribution < 1.29 is 24.2 Å². The van der Waals surface area contributed by atoms with Crippen molar-refractivity contribution in [1.82, 2.24) is 10.2 Å². The van der Waals surface area contributed by atoms with Gasteiger partial charge in [0.05, 0.1) is 18.9 Å². The van der Waals surface area contributed by atoms with Crippen LogP contribution < -0.4 is 10.1 Å². The molecule has 0 aliphatic carbocycles. The number of carbonyl (C=O) groups excluding carboxylic acids is 2. The second-order valence-corrected chi connectivity index (χ2v) is 7.07. The Hall–Kier alpha value is -2.57. The minimum Gasteiger partial charge on any atom is -0.493 e. The lowest BCUT2D eigenvalue weighted by molar-refractivity contribution is -0.148. The molecule has 2 atom stereocenters. The molecule has 27 heavy (non-hydrogen) atoms. The number of piperidine rings is 1. The van der Waals surface area contributed by atoms with Crippen molar-refractivity contribution >= 4 is 17.8 Å². The zero-order valence-corrected chi connectivity index (χ0v) is 15.9. The Morgan fingerprint density at radius 1 is 1.30 bits per heavy atom. The number of rotatable bonds is 8. The average molecular weight is 376 g/mol. The van der Waals surface area contributed by atoms with E-state index >= 15 is 0 Å². The number of carboxylic acid groups (broad SMARTS) is 1. The van der Waals surface area contributed by atoms with E-state index in [1.54, 1.807) is 11.8 Å². The molecule has 0 radical (unpaired) electrons. The molecule has 2 unspecified atom stereocenters. The van der Waals surface area contributed by atoms with Crippen molar-refractivity contribution in [2.24, 2.45) is 5.92 Å². The molecule has 1 aromatic carbocycles. The molecule has 2 N–H and O–H groups in total. The van der Waals surface area contributed by atoms with E-state index in [0.29, 0.717) is 31.7 Å². The second kappa shape index (κ2) is 9.39. The molecule has 1 aliphatic rings. The highest BCUT2D eigenvalue weighted by atomic mass is 16.5. The maximum atomic E-state index is 12.5. The predicted molar refractivity (Wildman–Crippen MR) is 100 cm³/mol. The first kappa shape index (κ1) is 20.7.